The molecule has 98 valence electrons. The summed E-state index contributed by atoms with van der Waals surface area (Å²) < 4.78 is 0. The molecule has 1 aliphatic carbocycles. The number of rotatable bonds is 6. The number of nitrogens with one attached hydrogen (secondary N) is 1. The van der Waals surface area contributed by atoms with Gasteiger partial charge in [0.1, 0.15) is 0 Å². The van der Waals surface area contributed by atoms with Crippen LogP contribution in [-0.2, 0) is 4.79 Å². The van der Waals surface area contributed by atoms with E-state index in [9.17, 15) is 4.79 Å². The molecule has 0 aromatic heterocycles. The molecule has 1 atom stereocenters. The highest BCUT2D eigenvalue weighted by Gasteiger charge is 2.26. The molecule has 1 amide bonds. The average Bonchev–Trinajstić information content (AvgIpc) is 2.34. The molecule has 0 heterocycles. The van der Waals surface area contributed by atoms with Crippen LogP contribution in [0.3, 0.4) is 0 Å². The third kappa shape index (κ3) is 5.25. The molecule has 0 spiro atoms. The van der Waals surface area contributed by atoms with Gasteiger partial charge in [0, 0.05) is 12.2 Å². The first-order chi connectivity index (χ1) is 8.15. The lowest BCUT2D eigenvalue weighted by Crippen LogP contribution is -2.48. The molecule has 1 unspecified atom stereocenters. The van der Waals surface area contributed by atoms with E-state index in [1.165, 1.54) is 19.3 Å². The van der Waals surface area contributed by atoms with Crippen LogP contribution in [0.2, 0.25) is 0 Å². The Morgan fingerprint density at radius 3 is 2.65 bits per heavy atom. The van der Waals surface area contributed by atoms with Gasteiger partial charge in [0.2, 0.25) is 5.91 Å². The fraction of sp³-hybridized carbons (Fsp3) is 0.833. The summed E-state index contributed by atoms with van der Waals surface area (Å²) in [6.45, 7) is 0. The van der Waals surface area contributed by atoms with Crippen molar-refractivity contribution in [3.05, 3.63) is 0 Å². The predicted octanol–water partition coefficient (Wildman–Crippen LogP) is 2.09. The third-order valence-electron chi connectivity index (χ3n) is 3.28. The number of amides is 1. The number of hydrogen-bond donors (Lipinski definition) is 2. The van der Waals surface area contributed by atoms with E-state index in [-0.39, 0.29) is 11.9 Å². The standard InChI is InChI=1S/C12H22N2OS2/c1-17-8-7-10(15)14-11(12(13)16)9-5-3-2-4-6-9/h9,11H,2-8H2,1H3,(H2,13,16)(H,14,15). The first kappa shape index (κ1) is 14.8. The van der Waals surface area contributed by atoms with E-state index in [0.29, 0.717) is 17.3 Å². The van der Waals surface area contributed by atoms with Crippen LogP contribution in [0, 0.1) is 5.92 Å². The van der Waals surface area contributed by atoms with Gasteiger partial charge in [-0.3, -0.25) is 4.79 Å². The lowest BCUT2D eigenvalue weighted by molar-refractivity contribution is -0.121. The van der Waals surface area contributed by atoms with Crippen molar-refractivity contribution in [1.29, 1.82) is 0 Å². The van der Waals surface area contributed by atoms with Crippen LogP contribution < -0.4 is 11.1 Å². The largest absolute Gasteiger partial charge is 0.392 e. The molecule has 0 bridgehead atoms. The molecule has 0 aromatic carbocycles. The maximum absolute atomic E-state index is 11.7. The van der Waals surface area contributed by atoms with E-state index in [4.69, 9.17) is 18.0 Å². The summed E-state index contributed by atoms with van der Waals surface area (Å²) in [4.78, 5) is 12.2. The quantitative estimate of drug-likeness (QED) is 0.728. The van der Waals surface area contributed by atoms with Crippen molar-refractivity contribution in [2.75, 3.05) is 12.0 Å². The van der Waals surface area contributed by atoms with Gasteiger partial charge >= 0.3 is 0 Å². The maximum atomic E-state index is 11.7. The van der Waals surface area contributed by atoms with Gasteiger partial charge in [-0.15, -0.1) is 0 Å². The van der Waals surface area contributed by atoms with Gasteiger partial charge in [-0.05, 0) is 25.0 Å². The maximum Gasteiger partial charge on any atom is 0.221 e. The van der Waals surface area contributed by atoms with Gasteiger partial charge < -0.3 is 11.1 Å². The molecule has 1 aliphatic rings. The van der Waals surface area contributed by atoms with E-state index in [1.807, 2.05) is 6.26 Å². The molecule has 1 fully saturated rings. The van der Waals surface area contributed by atoms with Gasteiger partial charge in [-0.1, -0.05) is 31.5 Å². The lowest BCUT2D eigenvalue weighted by Gasteiger charge is -2.30. The Labute approximate surface area is 113 Å². The summed E-state index contributed by atoms with van der Waals surface area (Å²) in [6, 6.07) is -0.0975. The van der Waals surface area contributed by atoms with Crippen molar-refractivity contribution in [2.45, 2.75) is 44.6 Å². The smallest absolute Gasteiger partial charge is 0.221 e. The highest BCUT2D eigenvalue weighted by molar-refractivity contribution is 7.98. The van der Waals surface area contributed by atoms with E-state index >= 15 is 0 Å². The van der Waals surface area contributed by atoms with Crippen LogP contribution >= 0.6 is 24.0 Å². The number of hydrogen-bond acceptors (Lipinski definition) is 3. The molecule has 17 heavy (non-hydrogen) atoms. The van der Waals surface area contributed by atoms with Gasteiger partial charge in [0.15, 0.2) is 0 Å². The minimum Gasteiger partial charge on any atom is -0.392 e. The van der Waals surface area contributed by atoms with Crippen molar-refractivity contribution in [1.82, 2.24) is 5.32 Å². The van der Waals surface area contributed by atoms with Crippen molar-refractivity contribution >= 4 is 34.9 Å². The zero-order chi connectivity index (χ0) is 12.7. The number of carbonyl (C=O) groups excluding carboxylic acids is 1. The van der Waals surface area contributed by atoms with Crippen molar-refractivity contribution in [2.24, 2.45) is 11.7 Å². The Bertz CT molecular complexity index is 265. The van der Waals surface area contributed by atoms with Gasteiger partial charge in [-0.25, -0.2) is 0 Å². The van der Waals surface area contributed by atoms with Crippen molar-refractivity contribution < 1.29 is 4.79 Å². The Hall–Kier alpha value is -0.290. The summed E-state index contributed by atoms with van der Waals surface area (Å²) in [5, 5.41) is 3.00. The van der Waals surface area contributed by atoms with Gasteiger partial charge in [0.05, 0.1) is 11.0 Å². The normalized spacial score (nSPS) is 18.6. The Morgan fingerprint density at radius 1 is 1.47 bits per heavy atom. The highest BCUT2D eigenvalue weighted by atomic mass is 32.2. The first-order valence-electron chi connectivity index (χ1n) is 6.22. The molecule has 5 heteroatoms. The molecular formula is C12H22N2OS2. The molecule has 0 aliphatic heterocycles. The van der Waals surface area contributed by atoms with Crippen LogP contribution in [0.15, 0.2) is 0 Å². The summed E-state index contributed by atoms with van der Waals surface area (Å²) in [7, 11) is 0. The van der Waals surface area contributed by atoms with Crippen LogP contribution in [0.1, 0.15) is 38.5 Å². The van der Waals surface area contributed by atoms with Crippen molar-refractivity contribution in [3.63, 3.8) is 0 Å². The predicted molar refractivity (Wildman–Crippen MR) is 78.3 cm³/mol. The summed E-state index contributed by atoms with van der Waals surface area (Å²) in [5.74, 6) is 1.36. The second-order valence-electron chi connectivity index (χ2n) is 4.59. The molecule has 1 saturated carbocycles. The van der Waals surface area contributed by atoms with Crippen molar-refractivity contribution in [3.8, 4) is 0 Å². The molecule has 3 N–H and O–H groups in total. The highest BCUT2D eigenvalue weighted by Crippen LogP contribution is 2.26. The summed E-state index contributed by atoms with van der Waals surface area (Å²) >= 11 is 6.76. The monoisotopic (exact) mass is 274 g/mol. The van der Waals surface area contributed by atoms with Crippen LogP contribution in [0.5, 0.6) is 0 Å². The van der Waals surface area contributed by atoms with E-state index in [1.54, 1.807) is 11.8 Å². The number of carbonyl (C=O) groups is 1. The molecule has 0 aromatic rings. The first-order valence-corrected chi connectivity index (χ1v) is 8.03. The second-order valence-corrected chi connectivity index (χ2v) is 6.05. The molecular weight excluding hydrogens is 252 g/mol. The Morgan fingerprint density at radius 2 is 2.12 bits per heavy atom. The molecule has 0 saturated heterocycles. The molecule has 3 nitrogen and oxygen atoms in total. The fourth-order valence-corrected chi connectivity index (χ4v) is 2.97. The fourth-order valence-electron chi connectivity index (χ4n) is 2.33. The zero-order valence-electron chi connectivity index (χ0n) is 10.4. The third-order valence-corrected chi connectivity index (χ3v) is 4.14. The van der Waals surface area contributed by atoms with Crippen LogP contribution in [0.4, 0.5) is 0 Å². The topological polar surface area (TPSA) is 55.1 Å². The molecule has 0 radical (unpaired) electrons. The minimum atomic E-state index is -0.0975. The summed E-state index contributed by atoms with van der Waals surface area (Å²) in [6.07, 6.45) is 8.55. The Balaban J connectivity index is 2.47. The second kappa shape index (κ2) is 7.93. The lowest BCUT2D eigenvalue weighted by atomic mass is 9.84. The van der Waals surface area contributed by atoms with Crippen LogP contribution in [-0.4, -0.2) is 28.9 Å². The van der Waals surface area contributed by atoms with E-state index < -0.39 is 0 Å². The SMILES string of the molecule is CSCCC(=O)NC(C(N)=S)C1CCCCC1. The summed E-state index contributed by atoms with van der Waals surface area (Å²) in [5.41, 5.74) is 5.76. The van der Waals surface area contributed by atoms with E-state index in [2.05, 4.69) is 5.32 Å². The average molecular weight is 274 g/mol. The van der Waals surface area contributed by atoms with Gasteiger partial charge in [-0.2, -0.15) is 11.8 Å². The Kier molecular flexibility index (Phi) is 6.89. The zero-order valence-corrected chi connectivity index (χ0v) is 12.0. The van der Waals surface area contributed by atoms with Gasteiger partial charge in [0.25, 0.3) is 0 Å². The van der Waals surface area contributed by atoms with Crippen LogP contribution in [0.25, 0.3) is 0 Å². The number of thioether (sulfide) groups is 1. The minimum absolute atomic E-state index is 0.0720. The van der Waals surface area contributed by atoms with E-state index in [0.717, 1.165) is 18.6 Å². The number of nitrogens with two attached hydrogens (primary N) is 1. The number of thiocarbonyl (C=S) groups is 1. The molecule has 1 rings (SSSR count).